The molecular weight excluding hydrogens is 254 g/mol. The second-order valence-electron chi connectivity index (χ2n) is 5.55. The van der Waals surface area contributed by atoms with Gasteiger partial charge in [-0.15, -0.1) is 0 Å². The lowest BCUT2D eigenvalue weighted by molar-refractivity contribution is -0.122. The van der Waals surface area contributed by atoms with E-state index in [-0.39, 0.29) is 11.7 Å². The van der Waals surface area contributed by atoms with Crippen LogP contribution in [-0.4, -0.2) is 17.0 Å². The molecule has 0 aliphatic heterocycles. The minimum absolute atomic E-state index is 0.0119. The molecule has 0 saturated heterocycles. The van der Waals surface area contributed by atoms with Crippen LogP contribution in [0.2, 0.25) is 0 Å². The van der Waals surface area contributed by atoms with E-state index in [2.05, 4.69) is 10.5 Å². The van der Waals surface area contributed by atoms with Gasteiger partial charge in [-0.3, -0.25) is 4.79 Å². The van der Waals surface area contributed by atoms with Gasteiger partial charge in [0.2, 0.25) is 5.91 Å². The lowest BCUT2D eigenvalue weighted by Gasteiger charge is -2.26. The standard InChI is InChI=1S/C15H21N3O2/c1-10-5-6-11(2)12(9-10)17-14(19)15(13(16)18-20)7-3-4-8-15/h5-6,9,20H,3-4,7-8H2,1-2H3,(H2,16,18)(H,17,19). The van der Waals surface area contributed by atoms with Gasteiger partial charge in [0, 0.05) is 5.69 Å². The second kappa shape index (κ2) is 5.53. The highest BCUT2D eigenvalue weighted by molar-refractivity contribution is 6.12. The Bertz CT molecular complexity index is 546. The molecule has 1 fully saturated rings. The van der Waals surface area contributed by atoms with Crippen LogP contribution in [0, 0.1) is 19.3 Å². The molecule has 0 spiro atoms. The molecule has 0 radical (unpaired) electrons. The van der Waals surface area contributed by atoms with Crippen molar-refractivity contribution in [3.8, 4) is 0 Å². The van der Waals surface area contributed by atoms with Crippen LogP contribution < -0.4 is 11.1 Å². The maximum Gasteiger partial charge on any atom is 0.238 e. The van der Waals surface area contributed by atoms with Crippen LogP contribution >= 0.6 is 0 Å². The number of benzene rings is 1. The molecule has 2 rings (SSSR count). The first-order valence-corrected chi connectivity index (χ1v) is 6.86. The largest absolute Gasteiger partial charge is 0.409 e. The van der Waals surface area contributed by atoms with Crippen LogP contribution in [0.4, 0.5) is 5.69 Å². The van der Waals surface area contributed by atoms with E-state index in [1.165, 1.54) is 0 Å². The molecule has 1 aliphatic rings. The summed E-state index contributed by atoms with van der Waals surface area (Å²) in [7, 11) is 0. The third-order valence-corrected chi connectivity index (χ3v) is 4.13. The molecule has 0 atom stereocenters. The van der Waals surface area contributed by atoms with Crippen LogP contribution in [0.25, 0.3) is 0 Å². The molecule has 108 valence electrons. The number of hydrogen-bond donors (Lipinski definition) is 3. The van der Waals surface area contributed by atoms with Crippen LogP contribution in [0.1, 0.15) is 36.8 Å². The summed E-state index contributed by atoms with van der Waals surface area (Å²) in [5.74, 6) is -0.170. The van der Waals surface area contributed by atoms with Gasteiger partial charge in [0.25, 0.3) is 0 Å². The fourth-order valence-corrected chi connectivity index (χ4v) is 2.79. The molecule has 0 unspecified atom stereocenters. The Balaban J connectivity index is 2.28. The molecule has 0 heterocycles. The number of nitrogens with zero attached hydrogens (tertiary/aromatic N) is 1. The van der Waals surface area contributed by atoms with Crippen molar-refractivity contribution in [2.24, 2.45) is 16.3 Å². The molecule has 0 aromatic heterocycles. The number of carbonyl (C=O) groups excluding carboxylic acids is 1. The molecule has 1 aromatic rings. The Morgan fingerprint density at radius 1 is 1.35 bits per heavy atom. The Hall–Kier alpha value is -2.04. The van der Waals surface area contributed by atoms with Gasteiger partial charge in [0.15, 0.2) is 5.84 Å². The van der Waals surface area contributed by atoms with Crippen molar-refractivity contribution in [2.75, 3.05) is 5.32 Å². The minimum Gasteiger partial charge on any atom is -0.409 e. The predicted octanol–water partition coefficient (Wildman–Crippen LogP) is 2.55. The fourth-order valence-electron chi connectivity index (χ4n) is 2.79. The number of hydrogen-bond acceptors (Lipinski definition) is 3. The van der Waals surface area contributed by atoms with E-state index < -0.39 is 5.41 Å². The van der Waals surface area contributed by atoms with Crippen molar-refractivity contribution in [3.63, 3.8) is 0 Å². The molecule has 5 nitrogen and oxygen atoms in total. The van der Waals surface area contributed by atoms with Gasteiger partial charge in [-0.1, -0.05) is 30.1 Å². The third-order valence-electron chi connectivity index (χ3n) is 4.13. The number of amidine groups is 1. The smallest absolute Gasteiger partial charge is 0.238 e. The molecule has 1 saturated carbocycles. The first-order valence-electron chi connectivity index (χ1n) is 6.86. The Labute approximate surface area is 118 Å². The highest BCUT2D eigenvalue weighted by atomic mass is 16.4. The zero-order chi connectivity index (χ0) is 14.8. The fraction of sp³-hybridized carbons (Fsp3) is 0.467. The maximum absolute atomic E-state index is 12.6. The number of nitrogens with one attached hydrogen (secondary N) is 1. The lowest BCUT2D eigenvalue weighted by atomic mass is 9.83. The van der Waals surface area contributed by atoms with Gasteiger partial charge < -0.3 is 16.3 Å². The topological polar surface area (TPSA) is 87.7 Å². The molecule has 1 amide bonds. The Morgan fingerprint density at radius 3 is 2.60 bits per heavy atom. The number of aryl methyl sites for hydroxylation is 2. The monoisotopic (exact) mass is 275 g/mol. The van der Waals surface area contributed by atoms with E-state index in [9.17, 15) is 4.79 Å². The van der Waals surface area contributed by atoms with Crippen LogP contribution in [0.15, 0.2) is 23.4 Å². The lowest BCUT2D eigenvalue weighted by Crippen LogP contribution is -2.45. The number of amides is 1. The zero-order valence-corrected chi connectivity index (χ0v) is 11.9. The summed E-state index contributed by atoms with van der Waals surface area (Å²) in [5.41, 5.74) is 7.76. The van der Waals surface area contributed by atoms with Gasteiger partial charge in [0.05, 0.1) is 0 Å². The number of oxime groups is 1. The van der Waals surface area contributed by atoms with Crippen molar-refractivity contribution < 1.29 is 10.0 Å². The van der Waals surface area contributed by atoms with E-state index in [4.69, 9.17) is 10.9 Å². The molecule has 20 heavy (non-hydrogen) atoms. The van der Waals surface area contributed by atoms with E-state index in [1.54, 1.807) is 0 Å². The van der Waals surface area contributed by atoms with Crippen molar-refractivity contribution >= 4 is 17.4 Å². The second-order valence-corrected chi connectivity index (χ2v) is 5.55. The Kier molecular flexibility index (Phi) is 3.97. The molecular formula is C15H21N3O2. The number of rotatable bonds is 3. The average Bonchev–Trinajstić information content (AvgIpc) is 2.92. The van der Waals surface area contributed by atoms with Gasteiger partial charge in [-0.05, 0) is 43.9 Å². The predicted molar refractivity (Wildman–Crippen MR) is 78.9 cm³/mol. The van der Waals surface area contributed by atoms with E-state index in [0.29, 0.717) is 12.8 Å². The van der Waals surface area contributed by atoms with Crippen LogP contribution in [0.3, 0.4) is 0 Å². The normalized spacial score (nSPS) is 18.0. The molecule has 1 aliphatic carbocycles. The van der Waals surface area contributed by atoms with Crippen molar-refractivity contribution in [3.05, 3.63) is 29.3 Å². The summed E-state index contributed by atoms with van der Waals surface area (Å²) < 4.78 is 0. The van der Waals surface area contributed by atoms with Crippen molar-refractivity contribution in [2.45, 2.75) is 39.5 Å². The quantitative estimate of drug-likeness (QED) is 0.343. The van der Waals surface area contributed by atoms with Gasteiger partial charge >= 0.3 is 0 Å². The first kappa shape index (κ1) is 14.4. The SMILES string of the molecule is Cc1ccc(C)c(NC(=O)C2(C(N)=NO)CCCC2)c1. The molecule has 5 heteroatoms. The summed E-state index contributed by atoms with van der Waals surface area (Å²) in [4.78, 5) is 12.6. The highest BCUT2D eigenvalue weighted by Gasteiger charge is 2.45. The van der Waals surface area contributed by atoms with E-state index >= 15 is 0 Å². The number of carbonyl (C=O) groups is 1. The van der Waals surface area contributed by atoms with Crippen molar-refractivity contribution in [1.82, 2.24) is 0 Å². The molecule has 4 N–H and O–H groups in total. The maximum atomic E-state index is 12.6. The number of nitrogens with two attached hydrogens (primary N) is 1. The average molecular weight is 275 g/mol. The molecule has 0 bridgehead atoms. The van der Waals surface area contributed by atoms with Crippen LogP contribution in [-0.2, 0) is 4.79 Å². The summed E-state index contributed by atoms with van der Waals surface area (Å²) in [6.07, 6.45) is 3.08. The third kappa shape index (κ3) is 2.48. The summed E-state index contributed by atoms with van der Waals surface area (Å²) in [6.45, 7) is 3.92. The van der Waals surface area contributed by atoms with Crippen LogP contribution in [0.5, 0.6) is 0 Å². The zero-order valence-electron chi connectivity index (χ0n) is 11.9. The summed E-state index contributed by atoms with van der Waals surface area (Å²) in [5, 5.41) is 15.0. The molecule has 1 aromatic carbocycles. The highest BCUT2D eigenvalue weighted by Crippen LogP contribution is 2.39. The van der Waals surface area contributed by atoms with Gasteiger partial charge in [-0.2, -0.15) is 0 Å². The Morgan fingerprint density at radius 2 is 2.00 bits per heavy atom. The van der Waals surface area contributed by atoms with Gasteiger partial charge in [0.1, 0.15) is 5.41 Å². The first-order chi connectivity index (χ1) is 9.49. The van der Waals surface area contributed by atoms with E-state index in [1.807, 2.05) is 32.0 Å². The van der Waals surface area contributed by atoms with E-state index in [0.717, 1.165) is 29.7 Å². The summed E-state index contributed by atoms with van der Waals surface area (Å²) >= 11 is 0. The summed E-state index contributed by atoms with van der Waals surface area (Å²) in [6, 6.07) is 5.90. The van der Waals surface area contributed by atoms with Crippen molar-refractivity contribution in [1.29, 1.82) is 0 Å². The number of anilines is 1. The van der Waals surface area contributed by atoms with Gasteiger partial charge in [-0.25, -0.2) is 0 Å². The minimum atomic E-state index is -0.870.